The molecule has 15 rings (SSSR count). The van der Waals surface area contributed by atoms with E-state index in [-0.39, 0.29) is 0 Å². The lowest BCUT2D eigenvalue weighted by molar-refractivity contribution is 1.07. The maximum absolute atomic E-state index is 5.07. The van der Waals surface area contributed by atoms with Gasteiger partial charge in [0.05, 0.1) is 11.0 Å². The van der Waals surface area contributed by atoms with Crippen LogP contribution in [0.25, 0.3) is 136 Å². The number of para-hydroxylation sites is 1. The summed E-state index contributed by atoms with van der Waals surface area (Å²) in [6.45, 7) is 0. The fourth-order valence-electron chi connectivity index (χ4n) is 11.2. The highest BCUT2D eigenvalue weighted by atomic mass is 32.1. The van der Waals surface area contributed by atoms with Gasteiger partial charge in [-0.2, -0.15) is 0 Å². The molecular formula is C64H38N4S. The van der Waals surface area contributed by atoms with E-state index in [1.807, 2.05) is 47.7 Å². The van der Waals surface area contributed by atoms with Crippen molar-refractivity contribution in [2.45, 2.75) is 6.42 Å². The van der Waals surface area contributed by atoms with Crippen molar-refractivity contribution in [3.05, 3.63) is 230 Å². The van der Waals surface area contributed by atoms with Crippen molar-refractivity contribution in [3.63, 3.8) is 0 Å². The first-order valence-corrected chi connectivity index (χ1v) is 24.4. The SMILES string of the molecule is c1ccc(-c2nc(-c3ccccc3)nc(-c3ccc4c5ccc(-n6c7ccccc7c7cc(-c8ccc9c(c8)-c8cc%10sc%11ccccc%11c%10cc8C9)ccc76)cc5c5ccccc5c4c3)n2)cc1. The summed E-state index contributed by atoms with van der Waals surface area (Å²) in [6.07, 6.45) is 0.974. The van der Waals surface area contributed by atoms with E-state index >= 15 is 0 Å². The van der Waals surface area contributed by atoms with Crippen LogP contribution >= 0.6 is 11.3 Å². The topological polar surface area (TPSA) is 43.6 Å². The molecular weight excluding hydrogens is 857 g/mol. The van der Waals surface area contributed by atoms with Crippen LogP contribution in [0.5, 0.6) is 0 Å². The second-order valence-corrected chi connectivity index (χ2v) is 19.4. The van der Waals surface area contributed by atoms with E-state index in [1.165, 1.54) is 108 Å². The molecule has 0 radical (unpaired) electrons. The lowest BCUT2D eigenvalue weighted by atomic mass is 9.93. The van der Waals surface area contributed by atoms with Crippen LogP contribution < -0.4 is 0 Å². The quantitative estimate of drug-likeness (QED) is 0.162. The summed E-state index contributed by atoms with van der Waals surface area (Å²) in [7, 11) is 0. The minimum Gasteiger partial charge on any atom is -0.309 e. The monoisotopic (exact) mass is 894 g/mol. The third-order valence-electron chi connectivity index (χ3n) is 14.4. The number of thiophene rings is 1. The van der Waals surface area contributed by atoms with Gasteiger partial charge in [-0.1, -0.05) is 158 Å². The van der Waals surface area contributed by atoms with Gasteiger partial charge in [-0.3, -0.25) is 0 Å². The molecule has 0 unspecified atom stereocenters. The Morgan fingerprint density at radius 1 is 0.304 bits per heavy atom. The molecule has 14 aromatic rings. The molecule has 0 spiro atoms. The van der Waals surface area contributed by atoms with Crippen molar-refractivity contribution in [2.24, 2.45) is 0 Å². The standard InChI is InChI=1S/C64H38N4S/c1-3-13-38(14-4-1)62-65-63(39-15-5-2-6-16-39)67-64(66-62)43-25-28-48-49-29-27-45(36-55(49)47-18-8-7-17-46(47)54(48)34-43)68-58-21-11-9-19-50(58)56-33-41(26-30-59(56)68)40-23-24-42-31-44-35-57-51-20-10-12-22-60(51)69-61(57)37-53(44)52(42)32-40/h1-30,32-37H,31H2. The van der Waals surface area contributed by atoms with Gasteiger partial charge in [0.15, 0.2) is 17.5 Å². The number of nitrogens with zero attached hydrogens (tertiary/aromatic N) is 4. The third-order valence-corrected chi connectivity index (χ3v) is 15.6. The van der Waals surface area contributed by atoms with E-state index in [0.29, 0.717) is 17.5 Å². The van der Waals surface area contributed by atoms with E-state index in [1.54, 1.807) is 0 Å². The normalized spacial score (nSPS) is 12.3. The zero-order valence-electron chi connectivity index (χ0n) is 37.2. The lowest BCUT2D eigenvalue weighted by Gasteiger charge is -2.15. The minimum absolute atomic E-state index is 0.647. The zero-order valence-corrected chi connectivity index (χ0v) is 38.0. The first kappa shape index (κ1) is 38.3. The average molecular weight is 895 g/mol. The van der Waals surface area contributed by atoms with E-state index in [2.05, 4.69) is 187 Å². The van der Waals surface area contributed by atoms with E-state index in [0.717, 1.165) is 28.8 Å². The number of hydrogen-bond donors (Lipinski definition) is 0. The Labute approximate surface area is 401 Å². The Kier molecular flexibility index (Phi) is 8.26. The molecule has 0 amide bonds. The Morgan fingerprint density at radius 2 is 0.841 bits per heavy atom. The van der Waals surface area contributed by atoms with Crippen LogP contribution in [-0.2, 0) is 6.42 Å². The molecule has 0 fully saturated rings. The lowest BCUT2D eigenvalue weighted by Crippen LogP contribution is -2.00. The van der Waals surface area contributed by atoms with Crippen LogP contribution in [0, 0.1) is 0 Å². The van der Waals surface area contributed by atoms with Crippen LogP contribution in [0.4, 0.5) is 0 Å². The minimum atomic E-state index is 0.647. The van der Waals surface area contributed by atoms with Crippen LogP contribution in [0.3, 0.4) is 0 Å². The van der Waals surface area contributed by atoms with Gasteiger partial charge in [0.25, 0.3) is 0 Å². The van der Waals surface area contributed by atoms with Crippen LogP contribution in [0.15, 0.2) is 218 Å². The van der Waals surface area contributed by atoms with Crippen LogP contribution in [0.1, 0.15) is 11.1 Å². The molecule has 3 heterocycles. The number of aromatic nitrogens is 4. The van der Waals surface area contributed by atoms with E-state index in [4.69, 9.17) is 15.0 Å². The Morgan fingerprint density at radius 3 is 1.59 bits per heavy atom. The Balaban J connectivity index is 0.849. The van der Waals surface area contributed by atoms with E-state index in [9.17, 15) is 0 Å². The fraction of sp³-hybridized carbons (Fsp3) is 0.0156. The van der Waals surface area contributed by atoms with Gasteiger partial charge in [0.2, 0.25) is 0 Å². The molecule has 0 N–H and O–H groups in total. The molecule has 11 aromatic carbocycles. The maximum atomic E-state index is 5.07. The van der Waals surface area contributed by atoms with Crippen molar-refractivity contribution in [2.75, 3.05) is 0 Å². The highest BCUT2D eigenvalue weighted by molar-refractivity contribution is 7.25. The number of hydrogen-bond acceptors (Lipinski definition) is 4. The molecule has 0 saturated carbocycles. The molecule has 0 aliphatic heterocycles. The number of benzene rings is 11. The molecule has 1 aliphatic rings. The summed E-state index contributed by atoms with van der Waals surface area (Å²) < 4.78 is 5.16. The van der Waals surface area contributed by atoms with Crippen LogP contribution in [-0.4, -0.2) is 19.5 Å². The Hall–Kier alpha value is -8.77. The van der Waals surface area contributed by atoms with Crippen LogP contribution in [0.2, 0.25) is 0 Å². The smallest absolute Gasteiger partial charge is 0.164 e. The van der Waals surface area contributed by atoms with Gasteiger partial charge >= 0.3 is 0 Å². The van der Waals surface area contributed by atoms with Gasteiger partial charge in [0.1, 0.15) is 0 Å². The molecule has 0 atom stereocenters. The molecule has 5 heteroatoms. The third kappa shape index (κ3) is 5.97. The van der Waals surface area contributed by atoms with Gasteiger partial charge in [0, 0.05) is 53.3 Å². The average Bonchev–Trinajstić information content (AvgIpc) is 4.08. The molecule has 0 bridgehead atoms. The van der Waals surface area contributed by atoms with Crippen molar-refractivity contribution < 1.29 is 0 Å². The number of fused-ring (bicyclic) bond motifs is 15. The van der Waals surface area contributed by atoms with E-state index < -0.39 is 0 Å². The molecule has 0 saturated heterocycles. The molecule has 1 aliphatic carbocycles. The zero-order chi connectivity index (χ0) is 45.2. The predicted molar refractivity (Wildman–Crippen MR) is 290 cm³/mol. The summed E-state index contributed by atoms with van der Waals surface area (Å²) >= 11 is 1.90. The number of rotatable bonds is 5. The predicted octanol–water partition coefficient (Wildman–Crippen LogP) is 17.0. The van der Waals surface area contributed by atoms with Gasteiger partial charge in [-0.05, 0) is 133 Å². The van der Waals surface area contributed by atoms with Gasteiger partial charge < -0.3 is 4.57 Å². The van der Waals surface area contributed by atoms with Crippen molar-refractivity contribution in [1.82, 2.24) is 19.5 Å². The summed E-state index contributed by atoms with van der Waals surface area (Å²) in [5, 5.41) is 12.4. The highest BCUT2D eigenvalue weighted by Gasteiger charge is 2.23. The Bertz CT molecular complexity index is 4370. The molecule has 69 heavy (non-hydrogen) atoms. The first-order chi connectivity index (χ1) is 34.2. The van der Waals surface area contributed by atoms with Crippen molar-refractivity contribution in [3.8, 4) is 62.1 Å². The highest BCUT2D eigenvalue weighted by Crippen LogP contribution is 2.46. The maximum Gasteiger partial charge on any atom is 0.164 e. The molecule has 3 aromatic heterocycles. The fourth-order valence-corrected chi connectivity index (χ4v) is 12.3. The first-order valence-electron chi connectivity index (χ1n) is 23.5. The summed E-state index contributed by atoms with van der Waals surface area (Å²) in [6, 6.07) is 79.5. The summed E-state index contributed by atoms with van der Waals surface area (Å²) in [5.74, 6) is 1.95. The second-order valence-electron chi connectivity index (χ2n) is 18.3. The molecule has 320 valence electrons. The van der Waals surface area contributed by atoms with Crippen molar-refractivity contribution in [1.29, 1.82) is 0 Å². The summed E-state index contributed by atoms with van der Waals surface area (Å²) in [5.41, 5.74) is 14.4. The second kappa shape index (κ2) is 14.9. The largest absolute Gasteiger partial charge is 0.309 e. The van der Waals surface area contributed by atoms with Crippen molar-refractivity contribution >= 4 is 85.6 Å². The van der Waals surface area contributed by atoms with Gasteiger partial charge in [-0.15, -0.1) is 11.3 Å². The summed E-state index contributed by atoms with van der Waals surface area (Å²) in [4.78, 5) is 15.1. The molecule has 4 nitrogen and oxygen atoms in total. The van der Waals surface area contributed by atoms with Gasteiger partial charge in [-0.25, -0.2) is 15.0 Å².